The maximum atomic E-state index is 6.12. The molecule has 2 heterocycles. The average Bonchev–Trinajstić information content (AvgIpc) is 2.95. The monoisotopic (exact) mass is 305 g/mol. The van der Waals surface area contributed by atoms with Crippen LogP contribution < -0.4 is 9.47 Å². The third-order valence-corrected chi connectivity index (χ3v) is 4.46. The first-order chi connectivity index (χ1) is 11.2. The van der Waals surface area contributed by atoms with Crippen LogP contribution in [0.25, 0.3) is 22.7 Å². The molecule has 0 atom stereocenters. The van der Waals surface area contributed by atoms with Gasteiger partial charge in [0.15, 0.2) is 6.54 Å². The lowest BCUT2D eigenvalue weighted by Gasteiger charge is -2.12. The predicted octanol–water partition coefficient (Wildman–Crippen LogP) is 4.12. The van der Waals surface area contributed by atoms with Crippen LogP contribution in [0.2, 0.25) is 0 Å². The van der Waals surface area contributed by atoms with Gasteiger partial charge in [-0.1, -0.05) is 24.3 Å². The summed E-state index contributed by atoms with van der Waals surface area (Å²) in [6.45, 7) is 1.03. The number of anilines is 1. The molecule has 0 radical (unpaired) electrons. The molecule has 2 aromatic carbocycles. The van der Waals surface area contributed by atoms with Crippen LogP contribution in [-0.2, 0) is 6.54 Å². The third-order valence-electron chi connectivity index (χ3n) is 4.46. The van der Waals surface area contributed by atoms with Crippen molar-refractivity contribution in [3.8, 4) is 0 Å². The van der Waals surface area contributed by atoms with Crippen molar-refractivity contribution in [1.82, 2.24) is 0 Å². The van der Waals surface area contributed by atoms with Crippen LogP contribution in [0, 0.1) is 0 Å². The minimum atomic E-state index is 0.971. The molecule has 0 aliphatic carbocycles. The van der Waals surface area contributed by atoms with Gasteiger partial charge in [-0.05, 0) is 36.3 Å². The van der Waals surface area contributed by atoms with Gasteiger partial charge in [0.05, 0.1) is 5.57 Å². The van der Waals surface area contributed by atoms with Gasteiger partial charge in [-0.2, -0.15) is 4.57 Å². The Hall–Kier alpha value is -2.55. The molecule has 0 fully saturated rings. The van der Waals surface area contributed by atoms with E-state index < -0.39 is 0 Å². The van der Waals surface area contributed by atoms with Crippen molar-refractivity contribution in [2.24, 2.45) is 0 Å². The maximum absolute atomic E-state index is 6.12. The van der Waals surface area contributed by atoms with Crippen LogP contribution >= 0.6 is 0 Å². The van der Waals surface area contributed by atoms with E-state index in [4.69, 9.17) is 4.42 Å². The number of aryl methyl sites for hydroxylation is 1. The molecule has 0 saturated carbocycles. The first-order valence-corrected chi connectivity index (χ1v) is 8.12. The minimum Gasteiger partial charge on any atom is -0.398 e. The highest BCUT2D eigenvalue weighted by Gasteiger charge is 2.29. The largest absolute Gasteiger partial charge is 0.398 e. The third kappa shape index (κ3) is 2.52. The van der Waals surface area contributed by atoms with E-state index in [1.54, 1.807) is 0 Å². The van der Waals surface area contributed by atoms with Crippen molar-refractivity contribution in [2.75, 3.05) is 19.0 Å². The van der Waals surface area contributed by atoms with E-state index in [-0.39, 0.29) is 0 Å². The van der Waals surface area contributed by atoms with Crippen molar-refractivity contribution >= 4 is 28.4 Å². The van der Waals surface area contributed by atoms with Gasteiger partial charge in [-0.15, -0.1) is 0 Å². The van der Waals surface area contributed by atoms with Crippen molar-refractivity contribution < 1.29 is 8.98 Å². The van der Waals surface area contributed by atoms with E-state index in [1.165, 1.54) is 22.3 Å². The second-order valence-electron chi connectivity index (χ2n) is 6.29. The standard InChI is InChI=1S/C20H21N2O/c1-21(2)17-11-9-15(10-12-17)14-16-6-5-13-22-18-7-3-4-8-19(18)23-20(16)22/h3-4,7-12,14H,5-6,13H2,1-2H3/q+1. The number of para-hydroxylation sites is 2. The average molecular weight is 305 g/mol. The Balaban J connectivity index is 1.76. The van der Waals surface area contributed by atoms with Crippen LogP contribution in [0.15, 0.2) is 52.9 Å². The Morgan fingerprint density at radius 1 is 1.04 bits per heavy atom. The molecule has 0 bridgehead atoms. The summed E-state index contributed by atoms with van der Waals surface area (Å²) in [6.07, 6.45) is 4.48. The molecule has 3 heteroatoms. The first kappa shape index (κ1) is 14.1. The molecule has 0 N–H and O–H groups in total. The highest BCUT2D eigenvalue weighted by atomic mass is 16.4. The quantitative estimate of drug-likeness (QED) is 0.664. The molecule has 3 aromatic rings. The van der Waals surface area contributed by atoms with E-state index in [1.807, 2.05) is 12.1 Å². The van der Waals surface area contributed by atoms with E-state index in [2.05, 4.69) is 66.0 Å². The highest BCUT2D eigenvalue weighted by Crippen LogP contribution is 2.28. The van der Waals surface area contributed by atoms with Gasteiger partial charge in [-0.25, -0.2) is 0 Å². The molecule has 1 aromatic heterocycles. The molecular weight excluding hydrogens is 284 g/mol. The number of hydrogen-bond acceptors (Lipinski definition) is 2. The molecule has 3 nitrogen and oxygen atoms in total. The fourth-order valence-electron chi connectivity index (χ4n) is 3.23. The number of oxazole rings is 1. The van der Waals surface area contributed by atoms with Crippen LogP contribution in [0.5, 0.6) is 0 Å². The number of rotatable bonds is 2. The molecule has 1 aliphatic heterocycles. The molecule has 4 rings (SSSR count). The predicted molar refractivity (Wildman–Crippen MR) is 94.3 cm³/mol. The second-order valence-corrected chi connectivity index (χ2v) is 6.29. The van der Waals surface area contributed by atoms with Gasteiger partial charge in [-0.3, -0.25) is 0 Å². The van der Waals surface area contributed by atoms with E-state index in [0.29, 0.717) is 0 Å². The molecule has 116 valence electrons. The molecule has 0 unspecified atom stereocenters. The van der Waals surface area contributed by atoms with Crippen LogP contribution in [0.1, 0.15) is 24.3 Å². The molecule has 23 heavy (non-hydrogen) atoms. The lowest BCUT2D eigenvalue weighted by molar-refractivity contribution is -0.682. The molecule has 0 saturated heterocycles. The number of benzene rings is 2. The van der Waals surface area contributed by atoms with Gasteiger partial charge in [0, 0.05) is 32.3 Å². The van der Waals surface area contributed by atoms with Gasteiger partial charge in [0.2, 0.25) is 5.58 Å². The summed E-state index contributed by atoms with van der Waals surface area (Å²) in [5.41, 5.74) is 5.88. The number of nitrogens with zero attached hydrogens (tertiary/aromatic N) is 2. The number of aromatic nitrogens is 1. The van der Waals surface area contributed by atoms with Crippen molar-refractivity contribution in [3.05, 3.63) is 60.0 Å². The van der Waals surface area contributed by atoms with Crippen LogP contribution in [-0.4, -0.2) is 14.1 Å². The summed E-state index contributed by atoms with van der Waals surface area (Å²) in [5, 5.41) is 0. The van der Waals surface area contributed by atoms with Crippen LogP contribution in [0.4, 0.5) is 5.69 Å². The van der Waals surface area contributed by atoms with Gasteiger partial charge < -0.3 is 9.32 Å². The Bertz CT molecular complexity index is 872. The molecule has 1 aliphatic rings. The summed E-state index contributed by atoms with van der Waals surface area (Å²) in [6, 6.07) is 16.9. The van der Waals surface area contributed by atoms with Crippen molar-refractivity contribution in [3.63, 3.8) is 0 Å². The first-order valence-electron chi connectivity index (χ1n) is 8.12. The summed E-state index contributed by atoms with van der Waals surface area (Å²) in [7, 11) is 4.12. The zero-order valence-electron chi connectivity index (χ0n) is 13.6. The lowest BCUT2D eigenvalue weighted by Crippen LogP contribution is -2.38. The smallest absolute Gasteiger partial charge is 0.377 e. The fourth-order valence-corrected chi connectivity index (χ4v) is 3.23. The van der Waals surface area contributed by atoms with E-state index in [9.17, 15) is 0 Å². The summed E-state index contributed by atoms with van der Waals surface area (Å²) >= 11 is 0. The lowest BCUT2D eigenvalue weighted by atomic mass is 10.0. The van der Waals surface area contributed by atoms with Gasteiger partial charge >= 0.3 is 5.89 Å². The van der Waals surface area contributed by atoms with Crippen molar-refractivity contribution in [2.45, 2.75) is 19.4 Å². The zero-order valence-corrected chi connectivity index (χ0v) is 13.6. The van der Waals surface area contributed by atoms with Crippen LogP contribution in [0.3, 0.4) is 0 Å². The fraction of sp³-hybridized carbons (Fsp3) is 0.250. The normalized spacial score (nSPS) is 15.8. The second kappa shape index (κ2) is 5.58. The number of fused-ring (bicyclic) bond motifs is 3. The Kier molecular flexibility index (Phi) is 3.41. The van der Waals surface area contributed by atoms with Gasteiger partial charge in [0.25, 0.3) is 5.52 Å². The zero-order chi connectivity index (χ0) is 15.8. The SMILES string of the molecule is CN(C)c1ccc(C=C2CCC[n+]3c2oc2ccccc23)cc1. The van der Waals surface area contributed by atoms with Crippen molar-refractivity contribution in [1.29, 1.82) is 0 Å². The number of hydrogen-bond donors (Lipinski definition) is 0. The Morgan fingerprint density at radius 2 is 1.83 bits per heavy atom. The molecular formula is C20H21N2O+. The maximum Gasteiger partial charge on any atom is 0.377 e. The topological polar surface area (TPSA) is 20.3 Å². The molecule has 0 spiro atoms. The Labute approximate surface area is 136 Å². The van der Waals surface area contributed by atoms with E-state index >= 15 is 0 Å². The number of allylic oxidation sites excluding steroid dienone is 1. The summed E-state index contributed by atoms with van der Waals surface area (Å²) in [4.78, 5) is 2.12. The molecule has 0 amide bonds. The van der Waals surface area contributed by atoms with E-state index in [0.717, 1.165) is 30.9 Å². The highest BCUT2D eigenvalue weighted by molar-refractivity contribution is 5.80. The summed E-state index contributed by atoms with van der Waals surface area (Å²) in [5.74, 6) is 1.01. The minimum absolute atomic E-state index is 0.971. The Morgan fingerprint density at radius 3 is 2.61 bits per heavy atom. The van der Waals surface area contributed by atoms with Gasteiger partial charge in [0.1, 0.15) is 0 Å². The summed E-state index contributed by atoms with van der Waals surface area (Å²) < 4.78 is 8.43.